The molecule has 18 heteroatoms. The Hall–Kier alpha value is -6.95. The van der Waals surface area contributed by atoms with Crippen LogP contribution in [0.15, 0.2) is 75.2 Å². The Morgan fingerprint density at radius 3 is 2.46 bits per heavy atom. The number of aromatic nitrogens is 10. The molecule has 63 heavy (non-hydrogen) atoms. The van der Waals surface area contributed by atoms with E-state index in [-0.39, 0.29) is 53.2 Å². The third-order valence-electron chi connectivity index (χ3n) is 13.1. The van der Waals surface area contributed by atoms with Gasteiger partial charge in [0.05, 0.1) is 57.3 Å². The molecule has 3 aromatic carbocycles. The molecule has 0 spiro atoms. The predicted molar refractivity (Wildman–Crippen MR) is 226 cm³/mol. The number of H-pyrrole nitrogens is 1. The fourth-order valence-corrected chi connectivity index (χ4v) is 9.80. The zero-order valence-electron chi connectivity index (χ0n) is 35.3. The highest BCUT2D eigenvalue weighted by atomic mass is 19.1. The summed E-state index contributed by atoms with van der Waals surface area (Å²) in [7, 11) is 1.71. The minimum Gasteiger partial charge on any atom is -0.376 e. The minimum atomic E-state index is -0.867. The molecule has 1 amide bonds. The first kappa shape index (κ1) is 38.9. The lowest BCUT2D eigenvalue weighted by atomic mass is 9.83. The molecular formula is C45H43F2N11O5. The number of hydrogen-bond acceptors (Lipinski definition) is 9. The van der Waals surface area contributed by atoms with Crippen LogP contribution in [-0.2, 0) is 30.3 Å². The molecule has 1 saturated carbocycles. The first-order valence-corrected chi connectivity index (χ1v) is 21.0. The molecule has 7 heterocycles. The van der Waals surface area contributed by atoms with E-state index in [0.29, 0.717) is 82.1 Å². The second kappa shape index (κ2) is 13.8. The lowest BCUT2D eigenvalue weighted by Gasteiger charge is -2.35. The van der Waals surface area contributed by atoms with Crippen LogP contribution in [0.1, 0.15) is 89.8 Å². The molecule has 3 aliphatic rings. The maximum Gasteiger partial charge on any atom is 0.438 e. The van der Waals surface area contributed by atoms with Crippen molar-refractivity contribution in [2.24, 2.45) is 7.05 Å². The molecule has 8 aromatic rings. The molecule has 2 aliphatic heterocycles. The monoisotopic (exact) mass is 855 g/mol. The zero-order chi connectivity index (χ0) is 43.7. The maximum atomic E-state index is 16.0. The number of imidazole rings is 2. The highest BCUT2D eigenvalue weighted by Crippen LogP contribution is 2.50. The van der Waals surface area contributed by atoms with Gasteiger partial charge < -0.3 is 14.2 Å². The number of aromatic amines is 1. The molecule has 11 rings (SSSR count). The van der Waals surface area contributed by atoms with Gasteiger partial charge in [-0.05, 0) is 112 Å². The van der Waals surface area contributed by atoms with Crippen LogP contribution in [0.4, 0.5) is 8.78 Å². The number of carbonyl (C=O) groups excluding carboxylic acids is 1. The van der Waals surface area contributed by atoms with Crippen molar-refractivity contribution >= 4 is 27.8 Å². The van der Waals surface area contributed by atoms with E-state index in [4.69, 9.17) is 19.3 Å². The van der Waals surface area contributed by atoms with Gasteiger partial charge in [-0.2, -0.15) is 10.2 Å². The summed E-state index contributed by atoms with van der Waals surface area (Å²) < 4.78 is 49.7. The van der Waals surface area contributed by atoms with Crippen LogP contribution < -0.4 is 11.4 Å². The van der Waals surface area contributed by atoms with Crippen molar-refractivity contribution in [1.29, 1.82) is 0 Å². The first-order valence-electron chi connectivity index (χ1n) is 21.0. The van der Waals surface area contributed by atoms with Gasteiger partial charge in [-0.1, -0.05) is 11.2 Å². The number of rotatable bonds is 7. The number of aryl methyl sites for hydroxylation is 3. The maximum absolute atomic E-state index is 16.0. The smallest absolute Gasteiger partial charge is 0.376 e. The summed E-state index contributed by atoms with van der Waals surface area (Å²) in [4.78, 5) is 51.4. The van der Waals surface area contributed by atoms with E-state index in [1.807, 2.05) is 16.7 Å². The van der Waals surface area contributed by atoms with E-state index in [0.717, 1.165) is 18.4 Å². The van der Waals surface area contributed by atoms with Gasteiger partial charge in [-0.25, -0.2) is 28.0 Å². The number of benzene rings is 3. The van der Waals surface area contributed by atoms with Gasteiger partial charge in [0, 0.05) is 44.6 Å². The molecule has 2 fully saturated rings. The van der Waals surface area contributed by atoms with Crippen LogP contribution in [0, 0.1) is 25.5 Å². The van der Waals surface area contributed by atoms with Gasteiger partial charge in [-0.15, -0.1) is 0 Å². The minimum absolute atomic E-state index is 0.0366. The summed E-state index contributed by atoms with van der Waals surface area (Å²) in [5.74, 6) is -0.970. The summed E-state index contributed by atoms with van der Waals surface area (Å²) in [6.07, 6.45) is 7.64. The lowest BCUT2D eigenvalue weighted by molar-refractivity contribution is -0.0592. The molecule has 1 aliphatic carbocycles. The average molecular weight is 856 g/mol. The fourth-order valence-electron chi connectivity index (χ4n) is 9.80. The highest BCUT2D eigenvalue weighted by Gasteiger charge is 2.53. The number of hydrogen-bond donors (Lipinski definition) is 1. The van der Waals surface area contributed by atoms with E-state index >= 15 is 13.6 Å². The van der Waals surface area contributed by atoms with E-state index in [2.05, 4.69) is 35.2 Å². The standard InChI is InChI=1S/C45H43F2N11O5/c1-24-18-28(19-25(2)36(24)46)58-39(56-16-15-55(43(56)61)35-9-8-33-29(37(35)47)22-48-53(33)5)30-23-54(14-10-31(30)51-58)40(59)38-49-32-20-26(27-11-17-62-44(3,4)21-27)6-7-34(32)57(38)45(12-13-45)41-50-42(60)63-52-41/h6-9,15-16,18-20,22,27H,10-14,17,21,23H2,1-5H3,(H,50,52,60)/t27-/m0/s1. The predicted octanol–water partition coefficient (Wildman–Crippen LogP) is 6.03. The van der Waals surface area contributed by atoms with Crippen LogP contribution in [0.25, 0.3) is 39.1 Å². The Bertz CT molecular complexity index is 3300. The quantitative estimate of drug-likeness (QED) is 0.201. The number of fused-ring (bicyclic) bond motifs is 3. The Balaban J connectivity index is 1.03. The number of nitrogens with zero attached hydrogens (tertiary/aromatic N) is 10. The second-order valence-electron chi connectivity index (χ2n) is 17.7. The van der Waals surface area contributed by atoms with E-state index in [1.165, 1.54) is 27.6 Å². The van der Waals surface area contributed by atoms with Crippen LogP contribution in [0.2, 0.25) is 0 Å². The number of halogens is 2. The number of ether oxygens (including phenoxy) is 1. The van der Waals surface area contributed by atoms with Gasteiger partial charge in [0.15, 0.2) is 11.6 Å². The van der Waals surface area contributed by atoms with Gasteiger partial charge in [0.25, 0.3) is 5.91 Å². The van der Waals surface area contributed by atoms with Gasteiger partial charge >= 0.3 is 11.4 Å². The van der Waals surface area contributed by atoms with E-state index in [9.17, 15) is 9.59 Å². The van der Waals surface area contributed by atoms with Crippen molar-refractivity contribution in [3.63, 3.8) is 0 Å². The van der Waals surface area contributed by atoms with Crippen LogP contribution >= 0.6 is 0 Å². The van der Waals surface area contributed by atoms with Crippen LogP contribution in [-0.4, -0.2) is 77.9 Å². The Labute approximate surface area is 357 Å². The summed E-state index contributed by atoms with van der Waals surface area (Å²) in [6.45, 7) is 8.46. The zero-order valence-corrected chi connectivity index (χ0v) is 35.3. The molecule has 0 bridgehead atoms. The third-order valence-corrected chi connectivity index (χ3v) is 13.1. The van der Waals surface area contributed by atoms with Crippen molar-refractivity contribution in [1.82, 2.24) is 53.3 Å². The molecule has 0 unspecified atom stereocenters. The van der Waals surface area contributed by atoms with Crippen LogP contribution in [0.5, 0.6) is 0 Å². The molecule has 16 nitrogen and oxygen atoms in total. The molecule has 5 aromatic heterocycles. The molecule has 0 radical (unpaired) electrons. The largest absolute Gasteiger partial charge is 0.438 e. The van der Waals surface area contributed by atoms with Crippen molar-refractivity contribution in [3.8, 4) is 17.2 Å². The second-order valence-corrected chi connectivity index (χ2v) is 17.7. The Morgan fingerprint density at radius 1 is 0.968 bits per heavy atom. The summed E-state index contributed by atoms with van der Waals surface area (Å²) >= 11 is 0. The number of nitrogens with one attached hydrogen (secondary N) is 1. The van der Waals surface area contributed by atoms with Crippen molar-refractivity contribution in [2.45, 2.75) is 83.4 Å². The number of amides is 1. The van der Waals surface area contributed by atoms with Gasteiger partial charge in [0.1, 0.15) is 17.2 Å². The highest BCUT2D eigenvalue weighted by molar-refractivity contribution is 5.96. The Kier molecular flexibility index (Phi) is 8.51. The normalized spacial score (nSPS) is 18.1. The summed E-state index contributed by atoms with van der Waals surface area (Å²) in [5.41, 5.74) is 3.87. The summed E-state index contributed by atoms with van der Waals surface area (Å²) in [6, 6.07) is 12.7. The summed E-state index contributed by atoms with van der Waals surface area (Å²) in [5, 5.41) is 13.5. The van der Waals surface area contributed by atoms with E-state index in [1.54, 1.807) is 59.6 Å². The molecular weight excluding hydrogens is 813 g/mol. The van der Waals surface area contributed by atoms with Crippen molar-refractivity contribution < 1.29 is 22.8 Å². The van der Waals surface area contributed by atoms with Gasteiger partial charge in [0.2, 0.25) is 5.82 Å². The average Bonchev–Trinajstić information content (AvgIpc) is 3.71. The molecule has 322 valence electrons. The Morgan fingerprint density at radius 2 is 1.73 bits per heavy atom. The lowest BCUT2D eigenvalue weighted by Crippen LogP contribution is -2.39. The van der Waals surface area contributed by atoms with Gasteiger partial charge in [-0.3, -0.25) is 28.1 Å². The molecule has 1 saturated heterocycles. The third kappa shape index (κ3) is 6.05. The molecule has 1 N–H and O–H groups in total. The van der Waals surface area contributed by atoms with Crippen molar-refractivity contribution in [3.05, 3.63) is 133 Å². The first-order chi connectivity index (χ1) is 30.2. The van der Waals surface area contributed by atoms with Crippen molar-refractivity contribution in [2.75, 3.05) is 13.2 Å². The SMILES string of the molecule is Cc1cc(-n2nc3c(c2-n2ccn(-c4ccc5c(cnn5C)c4F)c2=O)CN(C(=O)c2nc4cc([C@H]5CCOC(C)(C)C5)ccc4n2C2(c4noc(=O)[nH]4)CC2)CC3)cc(C)c1F. The fraction of sp³-hybridized carbons (Fsp3) is 0.356. The topological polar surface area (TPSA) is 169 Å². The van der Waals surface area contributed by atoms with Crippen LogP contribution in [0.3, 0.4) is 0 Å². The number of carbonyl (C=O) groups is 1. The van der Waals surface area contributed by atoms with E-state index < -0.39 is 22.8 Å². The molecule has 1 atom stereocenters.